The van der Waals surface area contributed by atoms with Crippen LogP contribution in [-0.2, 0) is 14.3 Å². The van der Waals surface area contributed by atoms with Gasteiger partial charge in [0, 0.05) is 6.04 Å². The van der Waals surface area contributed by atoms with Crippen molar-refractivity contribution in [2.24, 2.45) is 40.4 Å². The second-order valence-electron chi connectivity index (χ2n) is 11.5. The first kappa shape index (κ1) is 22.1. The lowest BCUT2D eigenvalue weighted by Crippen LogP contribution is -2.66. The normalized spacial score (nSPS) is 42.8. The van der Waals surface area contributed by atoms with Crippen LogP contribution in [0.15, 0.2) is 0 Å². The number of nitrogens with two attached hydrogens (primary N) is 3. The monoisotopic (exact) mass is 443 g/mol. The Hall–Kier alpha value is -1.69. The third-order valence-corrected chi connectivity index (χ3v) is 9.08. The third-order valence-electron chi connectivity index (χ3n) is 9.08. The number of unbranched alkanes of at least 4 members (excludes halogenated alkanes) is 1. The van der Waals surface area contributed by atoms with Crippen LogP contribution in [0.5, 0.6) is 0 Å². The zero-order valence-corrected chi connectivity index (χ0v) is 18.9. The number of esters is 1. The van der Waals surface area contributed by atoms with Gasteiger partial charge in [0.2, 0.25) is 5.91 Å². The van der Waals surface area contributed by atoms with E-state index in [2.05, 4.69) is 6.07 Å². The minimum Gasteiger partial charge on any atom is -0.458 e. The Balaban J connectivity index is 1.31. The summed E-state index contributed by atoms with van der Waals surface area (Å²) in [5.74, 6) is 0.929. The topological polar surface area (TPSA) is 148 Å². The van der Waals surface area contributed by atoms with Gasteiger partial charge in [0.1, 0.15) is 17.7 Å². The van der Waals surface area contributed by atoms with Gasteiger partial charge in [-0.15, -0.1) is 0 Å². The molecule has 176 valence electrons. The fourth-order valence-electron chi connectivity index (χ4n) is 7.96. The molecule has 6 unspecified atom stereocenters. The maximum atomic E-state index is 13.6. The van der Waals surface area contributed by atoms with Crippen molar-refractivity contribution in [1.29, 1.82) is 5.26 Å². The molecule has 0 aromatic carbocycles. The van der Waals surface area contributed by atoms with Crippen molar-refractivity contribution in [3.8, 4) is 6.07 Å². The van der Waals surface area contributed by atoms with Crippen LogP contribution < -0.4 is 17.2 Å². The van der Waals surface area contributed by atoms with E-state index < -0.39 is 17.7 Å². The molecule has 6 rings (SSSR count). The van der Waals surface area contributed by atoms with E-state index in [9.17, 15) is 14.9 Å². The Bertz CT molecular complexity index is 811. The van der Waals surface area contributed by atoms with Crippen molar-refractivity contribution in [3.63, 3.8) is 0 Å². The van der Waals surface area contributed by atoms with Crippen LogP contribution in [0.2, 0.25) is 0 Å². The molecule has 5 saturated carbocycles. The number of ether oxygens (including phenoxy) is 1. The zero-order valence-electron chi connectivity index (χ0n) is 18.9. The maximum Gasteiger partial charge on any atom is 0.323 e. The molecule has 6 fully saturated rings. The van der Waals surface area contributed by atoms with Crippen LogP contribution in [0.25, 0.3) is 0 Å². The number of nitriles is 1. The zero-order chi connectivity index (χ0) is 22.7. The average molecular weight is 444 g/mol. The van der Waals surface area contributed by atoms with Crippen molar-refractivity contribution in [3.05, 3.63) is 0 Å². The fourth-order valence-corrected chi connectivity index (χ4v) is 7.96. The molecule has 0 radical (unpaired) electrons. The largest absolute Gasteiger partial charge is 0.458 e. The highest BCUT2D eigenvalue weighted by atomic mass is 16.6. The van der Waals surface area contributed by atoms with Gasteiger partial charge in [0.05, 0.1) is 12.1 Å². The fraction of sp³-hybridized carbons (Fsp3) is 0.875. The summed E-state index contributed by atoms with van der Waals surface area (Å²) in [6, 6.07) is 0.896. The quantitative estimate of drug-likeness (QED) is 0.376. The van der Waals surface area contributed by atoms with Gasteiger partial charge < -0.3 is 26.8 Å². The van der Waals surface area contributed by atoms with E-state index in [-0.39, 0.29) is 29.4 Å². The number of fused-ring (bicyclic) bond motifs is 1. The van der Waals surface area contributed by atoms with Crippen LogP contribution in [0.1, 0.15) is 70.6 Å². The highest BCUT2D eigenvalue weighted by molar-refractivity contribution is 5.84. The van der Waals surface area contributed by atoms with Gasteiger partial charge in [-0.1, -0.05) is 6.42 Å². The number of rotatable bonds is 8. The molecule has 6 aliphatic rings. The summed E-state index contributed by atoms with van der Waals surface area (Å²) >= 11 is 0. The predicted octanol–water partition coefficient (Wildman–Crippen LogP) is 1.17. The number of piperidine rings is 1. The molecule has 1 aliphatic heterocycles. The molecule has 8 nitrogen and oxygen atoms in total. The first-order valence-corrected chi connectivity index (χ1v) is 12.5. The number of carbonyl (C=O) groups is 2. The molecule has 9 atom stereocenters. The SMILES string of the molecule is N#C[C@@H]1CC2CC2N1C(=O)[C@@H](N)C12CC3C[C@H](CC(OC(=O)C(N)CCCCN)(C3)C1)C2. The minimum atomic E-state index is -0.639. The highest BCUT2D eigenvalue weighted by Gasteiger charge is 2.64. The van der Waals surface area contributed by atoms with Crippen molar-refractivity contribution >= 4 is 11.9 Å². The standard InChI is InChI=1S/C24H37N5O3/c25-4-2-1-3-18(27)22(31)32-24-10-14-5-15(11-24)9-23(8-14,13-24)20(28)21(30)29-17(12-26)6-16-7-19(16)29/h14-20H,1-11,13,25,27-28H2/t14-,15?,16?,17-,18?,19?,20+,23?,24?/m0/s1. The first-order chi connectivity index (χ1) is 15.3. The lowest BCUT2D eigenvalue weighted by molar-refractivity contribution is -0.207. The predicted molar refractivity (Wildman–Crippen MR) is 118 cm³/mol. The van der Waals surface area contributed by atoms with Crippen molar-refractivity contribution in [1.82, 2.24) is 4.90 Å². The Morgan fingerprint density at radius 3 is 2.47 bits per heavy atom. The van der Waals surface area contributed by atoms with Crippen LogP contribution >= 0.6 is 0 Å². The third kappa shape index (κ3) is 3.63. The lowest BCUT2D eigenvalue weighted by Gasteiger charge is -2.62. The van der Waals surface area contributed by atoms with E-state index in [0.717, 1.165) is 57.8 Å². The minimum absolute atomic E-state index is 0.0662. The van der Waals surface area contributed by atoms with E-state index >= 15 is 0 Å². The van der Waals surface area contributed by atoms with E-state index in [0.29, 0.717) is 37.1 Å². The second-order valence-corrected chi connectivity index (χ2v) is 11.5. The highest BCUT2D eigenvalue weighted by Crippen LogP contribution is 2.64. The molecule has 5 aliphatic carbocycles. The number of likely N-dealkylation sites (tertiary alicyclic amines) is 1. The molecule has 0 spiro atoms. The number of hydrogen-bond acceptors (Lipinski definition) is 7. The summed E-state index contributed by atoms with van der Waals surface area (Å²) in [5.41, 5.74) is 17.5. The molecule has 1 saturated heterocycles. The molecule has 1 amide bonds. The molecular formula is C24H37N5O3. The maximum absolute atomic E-state index is 13.6. The molecule has 0 aromatic heterocycles. The van der Waals surface area contributed by atoms with Gasteiger partial charge in [-0.2, -0.15) is 5.26 Å². The van der Waals surface area contributed by atoms with Crippen molar-refractivity contribution in [2.75, 3.05) is 6.54 Å². The molecule has 32 heavy (non-hydrogen) atoms. The molecule has 1 heterocycles. The van der Waals surface area contributed by atoms with Gasteiger partial charge in [-0.05, 0) is 93.9 Å². The van der Waals surface area contributed by atoms with E-state index in [4.69, 9.17) is 21.9 Å². The van der Waals surface area contributed by atoms with Gasteiger partial charge in [0.25, 0.3) is 0 Å². The van der Waals surface area contributed by atoms with Crippen LogP contribution in [0.4, 0.5) is 0 Å². The second kappa shape index (κ2) is 7.96. The summed E-state index contributed by atoms with van der Waals surface area (Å²) in [6.45, 7) is 0.592. The number of carbonyl (C=O) groups excluding carboxylic acids is 2. The summed E-state index contributed by atoms with van der Waals surface area (Å²) in [7, 11) is 0. The van der Waals surface area contributed by atoms with E-state index in [1.54, 1.807) is 4.90 Å². The lowest BCUT2D eigenvalue weighted by atomic mass is 9.46. The average Bonchev–Trinajstić information content (AvgIpc) is 3.41. The van der Waals surface area contributed by atoms with Crippen LogP contribution in [-0.4, -0.2) is 53.1 Å². The number of hydrogen-bond donors (Lipinski definition) is 3. The van der Waals surface area contributed by atoms with Crippen molar-refractivity contribution in [2.45, 2.75) is 100 Å². The molecule has 0 aromatic rings. The summed E-state index contributed by atoms with van der Waals surface area (Å²) in [6.07, 6.45) is 9.31. The Morgan fingerprint density at radius 2 is 1.81 bits per heavy atom. The van der Waals surface area contributed by atoms with E-state index in [1.807, 2.05) is 0 Å². The van der Waals surface area contributed by atoms with E-state index in [1.165, 1.54) is 0 Å². The molecule has 8 heteroatoms. The number of nitrogens with zero attached hydrogens (tertiary/aromatic N) is 2. The molecule has 6 N–H and O–H groups in total. The van der Waals surface area contributed by atoms with Crippen LogP contribution in [0.3, 0.4) is 0 Å². The first-order valence-electron chi connectivity index (χ1n) is 12.5. The van der Waals surface area contributed by atoms with Gasteiger partial charge in [-0.3, -0.25) is 9.59 Å². The van der Waals surface area contributed by atoms with Gasteiger partial charge in [0.15, 0.2) is 0 Å². The number of amides is 1. The Morgan fingerprint density at radius 1 is 1.09 bits per heavy atom. The van der Waals surface area contributed by atoms with Crippen molar-refractivity contribution < 1.29 is 14.3 Å². The summed E-state index contributed by atoms with van der Waals surface area (Å²) < 4.78 is 6.17. The van der Waals surface area contributed by atoms with Gasteiger partial charge in [-0.25, -0.2) is 0 Å². The summed E-state index contributed by atoms with van der Waals surface area (Å²) in [5, 5.41) is 9.55. The molecule has 4 bridgehead atoms. The Kier molecular flexibility index (Phi) is 5.51. The Labute approximate surface area is 190 Å². The van der Waals surface area contributed by atoms with Crippen LogP contribution in [0, 0.1) is 34.5 Å². The summed E-state index contributed by atoms with van der Waals surface area (Å²) in [4.78, 5) is 28.2. The molecular weight excluding hydrogens is 406 g/mol. The van der Waals surface area contributed by atoms with Gasteiger partial charge >= 0.3 is 5.97 Å². The smallest absolute Gasteiger partial charge is 0.323 e.